The van der Waals surface area contributed by atoms with Crippen molar-refractivity contribution < 1.29 is 8.42 Å². The highest BCUT2D eigenvalue weighted by Gasteiger charge is 2.13. The summed E-state index contributed by atoms with van der Waals surface area (Å²) in [6, 6.07) is 1.94. The maximum absolute atomic E-state index is 11.6. The van der Waals surface area contributed by atoms with E-state index in [1.54, 1.807) is 0 Å². The second kappa shape index (κ2) is 12.0. The Balaban J connectivity index is 0.00000625. The van der Waals surface area contributed by atoms with Gasteiger partial charge in [0.25, 0.3) is 0 Å². The van der Waals surface area contributed by atoms with Crippen molar-refractivity contribution in [3.05, 3.63) is 23.0 Å². The highest BCUT2D eigenvalue weighted by Crippen LogP contribution is 2.14. The van der Waals surface area contributed by atoms with Crippen LogP contribution >= 0.6 is 35.6 Å². The number of aliphatic imine (C=N–C) groups is 1. The van der Waals surface area contributed by atoms with Crippen LogP contribution in [0.3, 0.4) is 0 Å². The number of hydrogen-bond acceptors (Lipinski definition) is 3. The zero-order valence-electron chi connectivity index (χ0n) is 16.2. The fourth-order valence-electron chi connectivity index (χ4n) is 2.50. The first-order valence-electron chi connectivity index (χ1n) is 8.44. The molecule has 7 nitrogen and oxygen atoms in total. The van der Waals surface area contributed by atoms with Crippen molar-refractivity contribution in [2.75, 3.05) is 39.5 Å². The Morgan fingerprint density at radius 2 is 2.04 bits per heavy atom. The number of halogens is 2. The van der Waals surface area contributed by atoms with E-state index in [1.807, 2.05) is 49.7 Å². The monoisotopic (exact) mass is 519 g/mol. The minimum atomic E-state index is -3.14. The number of aryl methyl sites for hydroxylation is 1. The van der Waals surface area contributed by atoms with Gasteiger partial charge in [-0.05, 0) is 19.4 Å². The number of aromatic nitrogens is 1. The summed E-state index contributed by atoms with van der Waals surface area (Å²) in [6.45, 7) is 6.83. The van der Waals surface area contributed by atoms with Crippen LogP contribution in [0.1, 0.15) is 26.0 Å². The third kappa shape index (κ3) is 8.45. The lowest BCUT2D eigenvalue weighted by Gasteiger charge is -2.22. The zero-order valence-corrected chi connectivity index (χ0v) is 20.1. The highest BCUT2D eigenvalue weighted by atomic mass is 127. The van der Waals surface area contributed by atoms with Crippen molar-refractivity contribution >= 4 is 51.6 Å². The third-order valence-electron chi connectivity index (χ3n) is 3.82. The number of nitrogens with one attached hydrogen (secondary N) is 1. The van der Waals surface area contributed by atoms with Crippen molar-refractivity contribution in [2.45, 2.75) is 26.8 Å². The first-order chi connectivity index (χ1) is 11.7. The number of nitrogens with zero attached hydrogens (tertiary/aromatic N) is 4. The molecule has 1 N–H and O–H groups in total. The molecule has 0 aromatic carbocycles. The van der Waals surface area contributed by atoms with Crippen LogP contribution in [0, 0.1) is 0 Å². The summed E-state index contributed by atoms with van der Waals surface area (Å²) in [4.78, 5) is 6.63. The van der Waals surface area contributed by atoms with E-state index in [1.165, 1.54) is 10.6 Å². The van der Waals surface area contributed by atoms with Crippen LogP contribution in [0.5, 0.6) is 0 Å². The Bertz CT molecular complexity index is 678. The van der Waals surface area contributed by atoms with Gasteiger partial charge in [0, 0.05) is 52.2 Å². The van der Waals surface area contributed by atoms with Gasteiger partial charge in [0.1, 0.15) is 0 Å². The zero-order chi connectivity index (χ0) is 19.0. The summed E-state index contributed by atoms with van der Waals surface area (Å²) in [7, 11) is 0.790. The predicted octanol–water partition coefficient (Wildman–Crippen LogP) is 2.37. The highest BCUT2D eigenvalue weighted by molar-refractivity contribution is 14.0. The van der Waals surface area contributed by atoms with E-state index in [0.29, 0.717) is 37.6 Å². The molecule has 1 aromatic rings. The molecule has 1 aromatic heterocycles. The summed E-state index contributed by atoms with van der Waals surface area (Å²) in [6.07, 6.45) is 3.79. The summed E-state index contributed by atoms with van der Waals surface area (Å²) >= 11 is 6.03. The van der Waals surface area contributed by atoms with Crippen LogP contribution in [0.4, 0.5) is 0 Å². The lowest BCUT2D eigenvalue weighted by atomic mass is 10.4. The van der Waals surface area contributed by atoms with Gasteiger partial charge < -0.3 is 14.8 Å². The number of rotatable bonds is 9. The average molecular weight is 520 g/mol. The van der Waals surface area contributed by atoms with Gasteiger partial charge in [0.15, 0.2) is 5.96 Å². The van der Waals surface area contributed by atoms with E-state index in [9.17, 15) is 8.42 Å². The molecule has 152 valence electrons. The van der Waals surface area contributed by atoms with Gasteiger partial charge in [-0.25, -0.2) is 12.7 Å². The smallest absolute Gasteiger partial charge is 0.211 e. The first kappa shape index (κ1) is 25.5. The van der Waals surface area contributed by atoms with Crippen molar-refractivity contribution in [3.63, 3.8) is 0 Å². The quantitative estimate of drug-likeness (QED) is 0.235. The molecule has 0 saturated carbocycles. The van der Waals surface area contributed by atoms with Crippen LogP contribution in [-0.4, -0.2) is 67.6 Å². The summed E-state index contributed by atoms with van der Waals surface area (Å²) in [5.74, 6) is 0.794. The molecule has 0 amide bonds. The number of guanidine groups is 1. The lowest BCUT2D eigenvalue weighted by molar-refractivity contribution is 0.424. The van der Waals surface area contributed by atoms with Crippen molar-refractivity contribution in [2.24, 2.45) is 12.0 Å². The Labute approximate surface area is 179 Å². The van der Waals surface area contributed by atoms with Gasteiger partial charge in [0.2, 0.25) is 10.0 Å². The molecule has 0 atom stereocenters. The van der Waals surface area contributed by atoms with E-state index in [2.05, 4.69) is 10.3 Å². The Hall–Kier alpha value is -0.520. The molecule has 0 fully saturated rings. The van der Waals surface area contributed by atoms with Crippen LogP contribution in [0.2, 0.25) is 5.02 Å². The van der Waals surface area contributed by atoms with E-state index >= 15 is 0 Å². The molecule has 0 saturated heterocycles. The van der Waals surface area contributed by atoms with Crippen LogP contribution in [0.15, 0.2) is 17.3 Å². The second-order valence-corrected chi connectivity index (χ2v) is 8.38. The molecule has 10 heteroatoms. The molecule has 0 aliphatic rings. The molecule has 0 radical (unpaired) electrons. The van der Waals surface area contributed by atoms with E-state index < -0.39 is 10.0 Å². The number of sulfonamides is 1. The van der Waals surface area contributed by atoms with Crippen molar-refractivity contribution in [1.82, 2.24) is 19.1 Å². The predicted molar refractivity (Wildman–Crippen MR) is 120 cm³/mol. The van der Waals surface area contributed by atoms with Crippen molar-refractivity contribution in [1.29, 1.82) is 0 Å². The second-order valence-electron chi connectivity index (χ2n) is 5.96. The summed E-state index contributed by atoms with van der Waals surface area (Å²) < 4.78 is 26.6. The van der Waals surface area contributed by atoms with Crippen LogP contribution < -0.4 is 5.32 Å². The van der Waals surface area contributed by atoms with Gasteiger partial charge in [-0.2, -0.15) is 0 Å². The van der Waals surface area contributed by atoms with Gasteiger partial charge in [-0.1, -0.05) is 18.5 Å². The molecule has 0 aliphatic heterocycles. The Morgan fingerprint density at radius 3 is 2.50 bits per heavy atom. The van der Waals surface area contributed by atoms with Crippen LogP contribution in [0.25, 0.3) is 0 Å². The average Bonchev–Trinajstić information content (AvgIpc) is 2.82. The van der Waals surface area contributed by atoms with Gasteiger partial charge >= 0.3 is 0 Å². The SMILES string of the molecule is CCNC(=NCCCN(CC)S(C)(=O)=O)N(C)Cc1cc(Cl)cn1C.I. The minimum absolute atomic E-state index is 0. The van der Waals surface area contributed by atoms with E-state index in [0.717, 1.165) is 18.2 Å². The molecule has 0 unspecified atom stereocenters. The molecule has 1 heterocycles. The summed E-state index contributed by atoms with van der Waals surface area (Å²) in [5, 5.41) is 3.98. The largest absolute Gasteiger partial charge is 0.357 e. The Morgan fingerprint density at radius 1 is 1.38 bits per heavy atom. The Kier molecular flexibility index (Phi) is 11.8. The maximum atomic E-state index is 11.6. The molecule has 0 spiro atoms. The molecular formula is C16H31ClIN5O2S. The van der Waals surface area contributed by atoms with Crippen molar-refractivity contribution in [3.8, 4) is 0 Å². The van der Waals surface area contributed by atoms with E-state index in [4.69, 9.17) is 11.6 Å². The normalized spacial score (nSPS) is 12.2. The van der Waals surface area contributed by atoms with Crippen LogP contribution in [-0.2, 0) is 23.6 Å². The minimum Gasteiger partial charge on any atom is -0.357 e. The van der Waals surface area contributed by atoms with E-state index in [-0.39, 0.29) is 24.0 Å². The molecule has 26 heavy (non-hydrogen) atoms. The fourth-order valence-corrected chi connectivity index (χ4v) is 3.70. The topological polar surface area (TPSA) is 69.9 Å². The third-order valence-corrected chi connectivity index (χ3v) is 5.40. The fraction of sp³-hybridized carbons (Fsp3) is 0.688. The number of hydrogen-bond donors (Lipinski definition) is 1. The molecular weight excluding hydrogens is 489 g/mol. The molecule has 0 aliphatic carbocycles. The first-order valence-corrected chi connectivity index (χ1v) is 10.7. The van der Waals surface area contributed by atoms with Gasteiger partial charge in [-0.15, -0.1) is 24.0 Å². The summed E-state index contributed by atoms with van der Waals surface area (Å²) in [5.41, 5.74) is 1.09. The molecule has 1 rings (SSSR count). The lowest BCUT2D eigenvalue weighted by Crippen LogP contribution is -2.39. The van der Waals surface area contributed by atoms with Gasteiger partial charge in [0.05, 0.1) is 17.8 Å². The molecule has 0 bridgehead atoms. The van der Waals surface area contributed by atoms with Gasteiger partial charge in [-0.3, -0.25) is 4.99 Å². The maximum Gasteiger partial charge on any atom is 0.211 e. The standard InChI is InChI=1S/C16H30ClN5O2S.HI/c1-6-18-16(19-9-8-10-22(7-2)25(5,23)24)21(4)13-15-11-14(17)12-20(15)3;/h11-12H,6-10,13H2,1-5H3,(H,18,19);1H.